The average molecular weight is 274 g/mol. The van der Waals surface area contributed by atoms with E-state index in [0.29, 0.717) is 17.7 Å². The first-order valence-corrected chi connectivity index (χ1v) is 6.24. The first-order valence-electron chi connectivity index (χ1n) is 6.24. The highest BCUT2D eigenvalue weighted by molar-refractivity contribution is 5.93. The summed E-state index contributed by atoms with van der Waals surface area (Å²) in [6, 6.07) is 6.37. The lowest BCUT2D eigenvalue weighted by molar-refractivity contribution is -0.116. The summed E-state index contributed by atoms with van der Waals surface area (Å²) >= 11 is 0. The summed E-state index contributed by atoms with van der Waals surface area (Å²) in [5.74, 6) is -0.621. The molecule has 1 amide bonds. The number of nitrogens with one attached hydrogen (secondary N) is 1. The number of para-hydroxylation sites is 1. The van der Waals surface area contributed by atoms with E-state index in [2.05, 4.69) is 10.3 Å². The molecule has 0 radical (unpaired) electrons. The van der Waals surface area contributed by atoms with Gasteiger partial charge in [-0.2, -0.15) is 0 Å². The first kappa shape index (κ1) is 14.0. The second-order valence-corrected chi connectivity index (χ2v) is 4.53. The van der Waals surface area contributed by atoms with Crippen LogP contribution in [0.5, 0.6) is 5.75 Å². The van der Waals surface area contributed by atoms with Crippen molar-refractivity contribution in [1.82, 2.24) is 4.98 Å². The van der Waals surface area contributed by atoms with E-state index in [1.54, 1.807) is 19.1 Å². The van der Waals surface area contributed by atoms with Crippen LogP contribution in [0, 0.1) is 12.7 Å². The number of hydrogen-bond acceptors (Lipinski definition) is 3. The number of amides is 1. The summed E-state index contributed by atoms with van der Waals surface area (Å²) in [5, 5.41) is 12.3. The Kier molecular flexibility index (Phi) is 4.30. The summed E-state index contributed by atoms with van der Waals surface area (Å²) < 4.78 is 12.9. The molecular weight excluding hydrogens is 259 g/mol. The summed E-state index contributed by atoms with van der Waals surface area (Å²) in [6.45, 7) is 1.80. The molecule has 0 saturated heterocycles. The predicted octanol–water partition coefficient (Wildman–Crippen LogP) is 2.81. The first-order chi connectivity index (χ1) is 9.56. The molecule has 0 fully saturated rings. The summed E-state index contributed by atoms with van der Waals surface area (Å²) in [4.78, 5) is 15.6. The van der Waals surface area contributed by atoms with Gasteiger partial charge in [-0.3, -0.25) is 9.78 Å². The normalized spacial score (nSPS) is 10.3. The van der Waals surface area contributed by atoms with E-state index < -0.39 is 5.82 Å². The molecule has 0 aliphatic rings. The fourth-order valence-electron chi connectivity index (χ4n) is 1.87. The van der Waals surface area contributed by atoms with Gasteiger partial charge in [0, 0.05) is 12.6 Å². The van der Waals surface area contributed by atoms with E-state index in [9.17, 15) is 14.3 Å². The van der Waals surface area contributed by atoms with Crippen LogP contribution in [0.25, 0.3) is 0 Å². The number of anilines is 1. The molecule has 5 heteroatoms. The van der Waals surface area contributed by atoms with Crippen LogP contribution in [0.1, 0.15) is 17.5 Å². The number of benzene rings is 1. The number of aromatic hydroxyl groups is 1. The van der Waals surface area contributed by atoms with E-state index in [-0.39, 0.29) is 18.1 Å². The second-order valence-electron chi connectivity index (χ2n) is 4.53. The molecule has 2 N–H and O–H groups in total. The molecule has 1 heterocycles. The Morgan fingerprint density at radius 2 is 2.20 bits per heavy atom. The number of carbonyl (C=O) groups is 1. The highest BCUT2D eigenvalue weighted by Gasteiger charge is 2.09. The van der Waals surface area contributed by atoms with Gasteiger partial charge in [-0.05, 0) is 36.6 Å². The molecule has 0 spiro atoms. The van der Waals surface area contributed by atoms with Crippen LogP contribution < -0.4 is 5.32 Å². The van der Waals surface area contributed by atoms with Crippen molar-refractivity contribution in [2.75, 3.05) is 5.32 Å². The van der Waals surface area contributed by atoms with Gasteiger partial charge in [0.05, 0.1) is 11.9 Å². The number of nitrogens with zero attached hydrogens (tertiary/aromatic N) is 1. The third-order valence-electron chi connectivity index (χ3n) is 2.92. The molecule has 0 bridgehead atoms. The Hall–Kier alpha value is -2.43. The van der Waals surface area contributed by atoms with Crippen LogP contribution in [-0.2, 0) is 11.2 Å². The quantitative estimate of drug-likeness (QED) is 0.843. The number of rotatable bonds is 4. The number of carbonyl (C=O) groups excluding carboxylic acids is 1. The SMILES string of the molecule is Cc1cccc(O)c1NC(=O)CCc1cncc(F)c1. The maximum atomic E-state index is 12.9. The molecule has 0 atom stereocenters. The number of aryl methyl sites for hydroxylation is 2. The van der Waals surface area contributed by atoms with Gasteiger partial charge in [0.1, 0.15) is 11.6 Å². The lowest BCUT2D eigenvalue weighted by Crippen LogP contribution is -2.13. The molecule has 0 saturated carbocycles. The molecule has 2 rings (SSSR count). The molecular formula is C15H15FN2O2. The van der Waals surface area contributed by atoms with Crippen molar-refractivity contribution in [2.45, 2.75) is 19.8 Å². The van der Waals surface area contributed by atoms with Gasteiger partial charge in [0.25, 0.3) is 0 Å². The largest absolute Gasteiger partial charge is 0.506 e. The lowest BCUT2D eigenvalue weighted by atomic mass is 10.1. The number of halogens is 1. The molecule has 1 aromatic carbocycles. The maximum absolute atomic E-state index is 12.9. The number of hydrogen-bond donors (Lipinski definition) is 2. The Balaban J connectivity index is 1.96. The zero-order valence-corrected chi connectivity index (χ0v) is 11.1. The van der Waals surface area contributed by atoms with Gasteiger partial charge in [-0.1, -0.05) is 12.1 Å². The summed E-state index contributed by atoms with van der Waals surface area (Å²) in [7, 11) is 0. The highest BCUT2D eigenvalue weighted by Crippen LogP contribution is 2.26. The Morgan fingerprint density at radius 3 is 2.90 bits per heavy atom. The molecule has 2 aromatic rings. The van der Waals surface area contributed by atoms with E-state index in [1.165, 1.54) is 18.3 Å². The number of phenols is 1. The fourth-order valence-corrected chi connectivity index (χ4v) is 1.87. The van der Waals surface area contributed by atoms with Crippen molar-refractivity contribution in [3.05, 3.63) is 53.6 Å². The fraction of sp³-hybridized carbons (Fsp3) is 0.200. The van der Waals surface area contributed by atoms with Crippen molar-refractivity contribution >= 4 is 11.6 Å². The predicted molar refractivity (Wildman–Crippen MR) is 74.0 cm³/mol. The molecule has 1 aromatic heterocycles. The zero-order valence-electron chi connectivity index (χ0n) is 11.1. The average Bonchev–Trinajstić information content (AvgIpc) is 2.41. The number of phenolic OH excluding ortho intramolecular Hbond substituents is 1. The van der Waals surface area contributed by atoms with Gasteiger partial charge >= 0.3 is 0 Å². The van der Waals surface area contributed by atoms with Crippen molar-refractivity contribution in [3.63, 3.8) is 0 Å². The van der Waals surface area contributed by atoms with Gasteiger partial charge in [0.2, 0.25) is 5.91 Å². The van der Waals surface area contributed by atoms with E-state index in [4.69, 9.17) is 0 Å². The van der Waals surface area contributed by atoms with Gasteiger partial charge < -0.3 is 10.4 Å². The molecule has 0 aliphatic carbocycles. The van der Waals surface area contributed by atoms with Gasteiger partial charge in [-0.25, -0.2) is 4.39 Å². The van der Waals surface area contributed by atoms with Crippen molar-refractivity contribution in [2.24, 2.45) is 0 Å². The number of aromatic nitrogens is 1. The third kappa shape index (κ3) is 3.54. The minimum atomic E-state index is -0.417. The van der Waals surface area contributed by atoms with Crippen molar-refractivity contribution in [1.29, 1.82) is 0 Å². The van der Waals surface area contributed by atoms with Crippen LogP contribution >= 0.6 is 0 Å². The molecule has 4 nitrogen and oxygen atoms in total. The van der Waals surface area contributed by atoms with Crippen LogP contribution in [0.3, 0.4) is 0 Å². The Morgan fingerprint density at radius 1 is 1.40 bits per heavy atom. The highest BCUT2D eigenvalue weighted by atomic mass is 19.1. The third-order valence-corrected chi connectivity index (χ3v) is 2.92. The summed E-state index contributed by atoms with van der Waals surface area (Å²) in [5.41, 5.74) is 1.86. The molecule has 20 heavy (non-hydrogen) atoms. The smallest absolute Gasteiger partial charge is 0.224 e. The Labute approximate surface area is 116 Å². The zero-order chi connectivity index (χ0) is 14.5. The van der Waals surface area contributed by atoms with Gasteiger partial charge in [-0.15, -0.1) is 0 Å². The van der Waals surface area contributed by atoms with Crippen LogP contribution in [0.2, 0.25) is 0 Å². The standard InChI is InChI=1S/C15H15FN2O2/c1-10-3-2-4-13(19)15(10)18-14(20)6-5-11-7-12(16)9-17-8-11/h2-4,7-9,19H,5-6H2,1H3,(H,18,20). The van der Waals surface area contributed by atoms with Gasteiger partial charge in [0.15, 0.2) is 0 Å². The number of pyridine rings is 1. The summed E-state index contributed by atoms with van der Waals surface area (Å²) in [6.07, 6.45) is 3.23. The molecule has 0 aliphatic heterocycles. The van der Waals surface area contributed by atoms with Crippen molar-refractivity contribution in [3.8, 4) is 5.75 Å². The minimum absolute atomic E-state index is 0.0331. The Bertz CT molecular complexity index is 609. The maximum Gasteiger partial charge on any atom is 0.224 e. The second kappa shape index (κ2) is 6.14. The van der Waals surface area contributed by atoms with Crippen molar-refractivity contribution < 1.29 is 14.3 Å². The monoisotopic (exact) mass is 274 g/mol. The van der Waals surface area contributed by atoms with E-state index in [1.807, 2.05) is 0 Å². The van der Waals surface area contributed by atoms with Crippen LogP contribution in [0.15, 0.2) is 36.7 Å². The van der Waals surface area contributed by atoms with E-state index >= 15 is 0 Å². The van der Waals surface area contributed by atoms with E-state index in [0.717, 1.165) is 11.8 Å². The lowest BCUT2D eigenvalue weighted by Gasteiger charge is -2.10. The molecule has 0 unspecified atom stereocenters. The topological polar surface area (TPSA) is 62.2 Å². The minimum Gasteiger partial charge on any atom is -0.506 e. The van der Waals surface area contributed by atoms with Crippen LogP contribution in [0.4, 0.5) is 10.1 Å². The molecule has 104 valence electrons. The van der Waals surface area contributed by atoms with Crippen LogP contribution in [-0.4, -0.2) is 16.0 Å².